The fourth-order valence-corrected chi connectivity index (χ4v) is 3.45. The van der Waals surface area contributed by atoms with E-state index in [1.54, 1.807) is 6.92 Å². The second-order valence-corrected chi connectivity index (χ2v) is 6.57. The lowest BCUT2D eigenvalue weighted by molar-refractivity contribution is 0.547. The first-order valence-electron chi connectivity index (χ1n) is 6.44. The molecule has 2 rings (SSSR count). The Kier molecular flexibility index (Phi) is 4.29. The molecule has 0 aliphatic heterocycles. The molecule has 2 aromatic rings. The van der Waals surface area contributed by atoms with Gasteiger partial charge in [0.1, 0.15) is 10.7 Å². The van der Waals surface area contributed by atoms with Crippen LogP contribution in [0.4, 0.5) is 10.1 Å². The summed E-state index contributed by atoms with van der Waals surface area (Å²) < 4.78 is 40.8. The number of nitrogens with two attached hydrogens (primary N) is 1. The van der Waals surface area contributed by atoms with Crippen molar-refractivity contribution in [2.24, 2.45) is 0 Å². The molecule has 4 nitrogen and oxygen atoms in total. The van der Waals surface area contributed by atoms with Gasteiger partial charge in [-0.05, 0) is 43.2 Å². The van der Waals surface area contributed by atoms with E-state index in [1.807, 2.05) is 31.2 Å². The van der Waals surface area contributed by atoms with E-state index in [9.17, 15) is 12.8 Å². The van der Waals surface area contributed by atoms with Crippen LogP contribution >= 0.6 is 0 Å². The lowest BCUT2D eigenvalue weighted by Gasteiger charge is -2.17. The van der Waals surface area contributed by atoms with Crippen LogP contribution in [0.1, 0.15) is 24.1 Å². The Morgan fingerprint density at radius 1 is 1.19 bits per heavy atom. The molecule has 21 heavy (non-hydrogen) atoms. The predicted molar refractivity (Wildman–Crippen MR) is 80.7 cm³/mol. The van der Waals surface area contributed by atoms with Crippen molar-refractivity contribution in [3.8, 4) is 0 Å². The van der Waals surface area contributed by atoms with Crippen LogP contribution in [0.15, 0.2) is 47.4 Å². The summed E-state index contributed by atoms with van der Waals surface area (Å²) in [6.45, 7) is 3.61. The Balaban J connectivity index is 2.31. The van der Waals surface area contributed by atoms with Crippen molar-refractivity contribution in [2.75, 3.05) is 5.73 Å². The molecule has 1 unspecified atom stereocenters. The van der Waals surface area contributed by atoms with E-state index < -0.39 is 26.8 Å². The van der Waals surface area contributed by atoms with Gasteiger partial charge in [0.05, 0.1) is 0 Å². The van der Waals surface area contributed by atoms with Gasteiger partial charge in [0.25, 0.3) is 0 Å². The zero-order chi connectivity index (χ0) is 15.6. The van der Waals surface area contributed by atoms with Crippen LogP contribution in [0.2, 0.25) is 0 Å². The lowest BCUT2D eigenvalue weighted by atomic mass is 10.0. The van der Waals surface area contributed by atoms with Crippen LogP contribution in [0.5, 0.6) is 0 Å². The van der Waals surface area contributed by atoms with Gasteiger partial charge in [0, 0.05) is 11.7 Å². The number of rotatable bonds is 4. The Bertz CT molecular complexity index is 760. The molecule has 1 atom stereocenters. The highest BCUT2D eigenvalue weighted by Gasteiger charge is 2.22. The van der Waals surface area contributed by atoms with E-state index in [0.29, 0.717) is 0 Å². The molecule has 0 amide bonds. The molecule has 0 aliphatic rings. The predicted octanol–water partition coefficient (Wildman–Crippen LogP) is 2.76. The van der Waals surface area contributed by atoms with Crippen LogP contribution in [0.3, 0.4) is 0 Å². The molecule has 3 N–H and O–H groups in total. The minimum atomic E-state index is -3.95. The van der Waals surface area contributed by atoms with E-state index >= 15 is 0 Å². The molecule has 6 heteroatoms. The van der Waals surface area contributed by atoms with Gasteiger partial charge in [-0.2, -0.15) is 0 Å². The van der Waals surface area contributed by atoms with Crippen LogP contribution in [-0.2, 0) is 10.0 Å². The number of nitrogens with one attached hydrogen (secondary N) is 1. The summed E-state index contributed by atoms with van der Waals surface area (Å²) >= 11 is 0. The van der Waals surface area contributed by atoms with Crippen LogP contribution in [-0.4, -0.2) is 8.42 Å². The number of hydrogen-bond donors (Lipinski definition) is 2. The van der Waals surface area contributed by atoms with Gasteiger partial charge in [-0.25, -0.2) is 17.5 Å². The molecule has 0 aromatic heterocycles. The first-order valence-corrected chi connectivity index (χ1v) is 7.92. The van der Waals surface area contributed by atoms with Gasteiger partial charge >= 0.3 is 0 Å². The van der Waals surface area contributed by atoms with Crippen molar-refractivity contribution in [3.05, 3.63) is 59.4 Å². The second kappa shape index (κ2) is 5.83. The molecule has 0 radical (unpaired) electrons. The monoisotopic (exact) mass is 308 g/mol. The second-order valence-electron chi connectivity index (χ2n) is 4.89. The lowest BCUT2D eigenvalue weighted by Crippen LogP contribution is -2.28. The van der Waals surface area contributed by atoms with E-state index in [1.165, 1.54) is 6.07 Å². The Labute approximate surface area is 123 Å². The largest absolute Gasteiger partial charge is 0.399 e. The quantitative estimate of drug-likeness (QED) is 0.853. The van der Waals surface area contributed by atoms with Crippen LogP contribution < -0.4 is 10.5 Å². The molecule has 2 aromatic carbocycles. The number of hydrogen-bond acceptors (Lipinski definition) is 3. The molecule has 0 saturated heterocycles. The van der Waals surface area contributed by atoms with E-state index in [4.69, 9.17) is 5.73 Å². The van der Waals surface area contributed by atoms with Gasteiger partial charge in [-0.15, -0.1) is 0 Å². The summed E-state index contributed by atoms with van der Waals surface area (Å²) in [6, 6.07) is 10.5. The van der Waals surface area contributed by atoms with Gasteiger partial charge in [0.15, 0.2) is 0 Å². The average Bonchev–Trinajstić information content (AvgIpc) is 2.37. The standard InChI is InChI=1S/C15H17FN2O2S/c1-10-5-3-4-6-13(10)11(2)18-21(19,20)15-8-7-12(17)9-14(15)16/h3-9,11,18H,17H2,1-2H3. The maximum atomic E-state index is 13.8. The van der Waals surface area contributed by atoms with Crippen molar-refractivity contribution in [1.29, 1.82) is 0 Å². The van der Waals surface area contributed by atoms with Gasteiger partial charge in [0.2, 0.25) is 10.0 Å². The minimum absolute atomic E-state index is 0.179. The maximum absolute atomic E-state index is 13.8. The summed E-state index contributed by atoms with van der Waals surface area (Å²) in [5, 5.41) is 0. The summed E-state index contributed by atoms with van der Waals surface area (Å²) in [5.41, 5.74) is 7.41. The summed E-state index contributed by atoms with van der Waals surface area (Å²) in [7, 11) is -3.95. The summed E-state index contributed by atoms with van der Waals surface area (Å²) in [5.74, 6) is -0.862. The molecule has 0 aliphatic carbocycles. The van der Waals surface area contributed by atoms with Crippen molar-refractivity contribution in [1.82, 2.24) is 4.72 Å². The molecule has 112 valence electrons. The third kappa shape index (κ3) is 3.40. The average molecular weight is 308 g/mol. The molecular formula is C15H17FN2O2S. The number of sulfonamides is 1. The topological polar surface area (TPSA) is 72.2 Å². The first kappa shape index (κ1) is 15.5. The zero-order valence-corrected chi connectivity index (χ0v) is 12.6. The van der Waals surface area contributed by atoms with Crippen molar-refractivity contribution in [2.45, 2.75) is 24.8 Å². The van der Waals surface area contributed by atoms with Crippen LogP contribution in [0.25, 0.3) is 0 Å². The number of nitrogen functional groups attached to an aromatic ring is 1. The molecule has 0 saturated carbocycles. The van der Waals surface area contributed by atoms with Crippen molar-refractivity contribution >= 4 is 15.7 Å². The first-order chi connectivity index (χ1) is 9.81. The highest BCUT2D eigenvalue weighted by atomic mass is 32.2. The third-order valence-corrected chi connectivity index (χ3v) is 4.81. The van der Waals surface area contributed by atoms with E-state index in [-0.39, 0.29) is 5.69 Å². The molecular weight excluding hydrogens is 291 g/mol. The summed E-state index contributed by atoms with van der Waals surface area (Å²) in [4.78, 5) is -0.405. The molecule has 0 heterocycles. The fraction of sp³-hybridized carbons (Fsp3) is 0.200. The van der Waals surface area contributed by atoms with E-state index in [0.717, 1.165) is 23.3 Å². The van der Waals surface area contributed by atoms with E-state index in [2.05, 4.69) is 4.72 Å². The number of anilines is 1. The maximum Gasteiger partial charge on any atom is 0.244 e. The van der Waals surface area contributed by atoms with Gasteiger partial charge < -0.3 is 5.73 Å². The number of halogens is 1. The Morgan fingerprint density at radius 3 is 2.48 bits per heavy atom. The molecule has 0 spiro atoms. The minimum Gasteiger partial charge on any atom is -0.399 e. The Morgan fingerprint density at radius 2 is 1.86 bits per heavy atom. The van der Waals surface area contributed by atoms with Crippen molar-refractivity contribution in [3.63, 3.8) is 0 Å². The van der Waals surface area contributed by atoms with Gasteiger partial charge in [-0.3, -0.25) is 0 Å². The number of benzene rings is 2. The highest BCUT2D eigenvalue weighted by molar-refractivity contribution is 7.89. The van der Waals surface area contributed by atoms with Crippen LogP contribution in [0, 0.1) is 12.7 Å². The SMILES string of the molecule is Cc1ccccc1C(C)NS(=O)(=O)c1ccc(N)cc1F. The Hall–Kier alpha value is -1.92. The zero-order valence-electron chi connectivity index (χ0n) is 11.8. The number of aryl methyl sites for hydroxylation is 1. The van der Waals surface area contributed by atoms with Gasteiger partial charge in [-0.1, -0.05) is 24.3 Å². The molecule has 0 bridgehead atoms. The smallest absolute Gasteiger partial charge is 0.244 e. The molecule has 0 fully saturated rings. The van der Waals surface area contributed by atoms with Crippen molar-refractivity contribution < 1.29 is 12.8 Å². The third-order valence-electron chi connectivity index (χ3n) is 3.23. The normalized spacial score (nSPS) is 13.1. The highest BCUT2D eigenvalue weighted by Crippen LogP contribution is 2.22. The fourth-order valence-electron chi connectivity index (χ4n) is 2.17. The summed E-state index contributed by atoms with van der Waals surface area (Å²) in [6.07, 6.45) is 0.